The molecule has 8 nitrogen and oxygen atoms in total. The Morgan fingerprint density at radius 3 is 2.47 bits per heavy atom. The minimum Gasteiger partial charge on any atom is -0.338 e. The molecule has 2 heterocycles. The van der Waals surface area contributed by atoms with Gasteiger partial charge in [0.2, 0.25) is 5.91 Å². The molecule has 160 valence electrons. The fraction of sp³-hybridized carbons (Fsp3) is 0.524. The molecule has 1 aliphatic carbocycles. The average Bonchev–Trinajstić information content (AvgIpc) is 2.98. The lowest BCUT2D eigenvalue weighted by Crippen LogP contribution is -2.53. The Bertz CT molecular complexity index is 866. The predicted molar refractivity (Wildman–Crippen MR) is 109 cm³/mol. The fourth-order valence-electron chi connectivity index (χ4n) is 4.57. The maximum atomic E-state index is 12.8. The van der Waals surface area contributed by atoms with E-state index in [4.69, 9.17) is 11.6 Å². The number of carbonyl (C=O) groups is 4. The first-order chi connectivity index (χ1) is 14.4. The zero-order valence-electron chi connectivity index (χ0n) is 16.7. The van der Waals surface area contributed by atoms with Crippen molar-refractivity contribution in [1.29, 1.82) is 0 Å². The topological polar surface area (TPSA) is 98.8 Å². The first kappa shape index (κ1) is 20.7. The average molecular weight is 433 g/mol. The Morgan fingerprint density at radius 2 is 1.77 bits per heavy atom. The van der Waals surface area contributed by atoms with Gasteiger partial charge in [-0.2, -0.15) is 5.01 Å². The molecule has 0 unspecified atom stereocenters. The minimum absolute atomic E-state index is 0.166. The number of hydrogen-bond acceptors (Lipinski definition) is 4. The van der Waals surface area contributed by atoms with Gasteiger partial charge in [0.15, 0.2) is 0 Å². The maximum Gasteiger partial charge on any atom is 0.344 e. The molecule has 1 aromatic carbocycles. The molecule has 0 radical (unpaired) electrons. The third-order valence-corrected chi connectivity index (χ3v) is 6.51. The smallest absolute Gasteiger partial charge is 0.338 e. The first-order valence-corrected chi connectivity index (χ1v) is 10.8. The highest BCUT2D eigenvalue weighted by Crippen LogP contribution is 2.33. The second kappa shape index (κ2) is 8.26. The molecule has 1 saturated carbocycles. The van der Waals surface area contributed by atoms with Crippen LogP contribution in [0, 0.1) is 5.92 Å². The van der Waals surface area contributed by atoms with E-state index in [9.17, 15) is 19.2 Å². The van der Waals surface area contributed by atoms with Crippen LogP contribution >= 0.6 is 11.6 Å². The van der Waals surface area contributed by atoms with Gasteiger partial charge >= 0.3 is 6.03 Å². The minimum atomic E-state index is -0.883. The van der Waals surface area contributed by atoms with Gasteiger partial charge in [-0.25, -0.2) is 4.79 Å². The molecule has 1 atom stereocenters. The van der Waals surface area contributed by atoms with Crippen LogP contribution in [0.1, 0.15) is 55.3 Å². The normalized spacial score (nSPS) is 23.4. The molecule has 9 heteroatoms. The maximum absolute atomic E-state index is 12.8. The van der Waals surface area contributed by atoms with E-state index in [1.165, 1.54) is 0 Å². The molecule has 3 fully saturated rings. The van der Waals surface area contributed by atoms with Crippen LogP contribution in [0.15, 0.2) is 24.3 Å². The molecule has 30 heavy (non-hydrogen) atoms. The van der Waals surface area contributed by atoms with Crippen molar-refractivity contribution in [3.63, 3.8) is 0 Å². The van der Waals surface area contributed by atoms with Gasteiger partial charge in [-0.05, 0) is 49.9 Å². The molecule has 3 aliphatic rings. The summed E-state index contributed by atoms with van der Waals surface area (Å²) in [7, 11) is 0. The van der Waals surface area contributed by atoms with Crippen molar-refractivity contribution >= 4 is 35.4 Å². The summed E-state index contributed by atoms with van der Waals surface area (Å²) >= 11 is 5.88. The Balaban J connectivity index is 1.40. The van der Waals surface area contributed by atoms with E-state index in [0.717, 1.165) is 24.3 Å². The number of amides is 5. The summed E-state index contributed by atoms with van der Waals surface area (Å²) in [4.78, 5) is 52.4. The highest BCUT2D eigenvalue weighted by atomic mass is 35.5. The van der Waals surface area contributed by atoms with Gasteiger partial charge in [-0.15, -0.1) is 0 Å². The van der Waals surface area contributed by atoms with E-state index in [0.29, 0.717) is 42.8 Å². The summed E-state index contributed by atoms with van der Waals surface area (Å²) in [5.41, 5.74) is 2.13. The Morgan fingerprint density at radius 1 is 1.07 bits per heavy atom. The van der Waals surface area contributed by atoms with Crippen molar-refractivity contribution in [2.45, 2.75) is 50.5 Å². The molecule has 2 N–H and O–H groups in total. The number of hydrazine groups is 1. The van der Waals surface area contributed by atoms with Crippen molar-refractivity contribution < 1.29 is 19.2 Å². The Labute approximate surface area is 179 Å². The summed E-state index contributed by atoms with van der Waals surface area (Å²) in [5.74, 6) is -1.45. The number of nitrogens with one attached hydrogen (secondary N) is 2. The number of nitrogens with zero attached hydrogens (tertiary/aromatic N) is 2. The number of imide groups is 1. The van der Waals surface area contributed by atoms with E-state index < -0.39 is 23.4 Å². The van der Waals surface area contributed by atoms with Crippen molar-refractivity contribution in [3.8, 4) is 0 Å². The van der Waals surface area contributed by atoms with Gasteiger partial charge in [-0.3, -0.25) is 19.8 Å². The molecule has 0 aromatic heterocycles. The van der Waals surface area contributed by atoms with Crippen molar-refractivity contribution in [2.75, 3.05) is 13.1 Å². The van der Waals surface area contributed by atoms with E-state index >= 15 is 0 Å². The Hall–Kier alpha value is -2.61. The van der Waals surface area contributed by atoms with E-state index in [-0.39, 0.29) is 18.4 Å². The van der Waals surface area contributed by atoms with Crippen LogP contribution in [0.2, 0.25) is 5.02 Å². The fourth-order valence-corrected chi connectivity index (χ4v) is 4.69. The van der Waals surface area contributed by atoms with E-state index in [2.05, 4.69) is 10.7 Å². The number of benzene rings is 1. The quantitative estimate of drug-likeness (QED) is 0.717. The monoisotopic (exact) mass is 432 g/mol. The standard InChI is InChI=1S/C21H25ClN4O4/c22-16-8-6-14(7-9-16)18(28)25-12-4-5-15(13-25)17(27)24-26-19(29)21(23-20(26)30)10-2-1-3-11-21/h6-9,15H,1-5,10-13H2,(H,23,30)(H,24,27)/t15-/m0/s1. The van der Waals surface area contributed by atoms with Crippen molar-refractivity contribution in [2.24, 2.45) is 5.92 Å². The highest BCUT2D eigenvalue weighted by molar-refractivity contribution is 6.30. The molecule has 1 spiro atoms. The first-order valence-electron chi connectivity index (χ1n) is 10.4. The summed E-state index contributed by atoms with van der Waals surface area (Å²) < 4.78 is 0. The van der Waals surface area contributed by atoms with Crippen LogP contribution in [0.3, 0.4) is 0 Å². The number of urea groups is 1. The Kier molecular flexibility index (Phi) is 5.69. The largest absolute Gasteiger partial charge is 0.344 e. The third kappa shape index (κ3) is 3.88. The van der Waals surface area contributed by atoms with Gasteiger partial charge < -0.3 is 10.2 Å². The van der Waals surface area contributed by atoms with Crippen LogP contribution in [-0.4, -0.2) is 52.3 Å². The van der Waals surface area contributed by atoms with Gasteiger partial charge in [0.1, 0.15) is 5.54 Å². The molecular formula is C21H25ClN4O4. The van der Waals surface area contributed by atoms with Gasteiger partial charge in [-0.1, -0.05) is 30.9 Å². The van der Waals surface area contributed by atoms with Crippen molar-refractivity contribution in [3.05, 3.63) is 34.9 Å². The zero-order valence-corrected chi connectivity index (χ0v) is 17.4. The second-order valence-electron chi connectivity index (χ2n) is 8.29. The number of rotatable bonds is 3. The van der Waals surface area contributed by atoms with Crippen LogP contribution in [0.5, 0.6) is 0 Å². The molecule has 5 amide bonds. The molecule has 4 rings (SSSR count). The number of halogens is 1. The lowest BCUT2D eigenvalue weighted by molar-refractivity contribution is -0.141. The predicted octanol–water partition coefficient (Wildman–Crippen LogP) is 2.48. The van der Waals surface area contributed by atoms with Crippen LogP contribution in [0.4, 0.5) is 4.79 Å². The molecule has 2 aliphatic heterocycles. The van der Waals surface area contributed by atoms with E-state index in [1.54, 1.807) is 29.2 Å². The SMILES string of the molecule is O=C(NN1C(=O)NC2(CCCCC2)C1=O)[C@H]1CCCN(C(=O)c2ccc(Cl)cc2)C1. The van der Waals surface area contributed by atoms with Gasteiger partial charge in [0.05, 0.1) is 5.92 Å². The number of hydrogen-bond donors (Lipinski definition) is 2. The lowest BCUT2D eigenvalue weighted by atomic mass is 9.82. The number of piperidine rings is 1. The lowest BCUT2D eigenvalue weighted by Gasteiger charge is -2.33. The summed E-state index contributed by atoms with van der Waals surface area (Å²) in [5, 5.41) is 4.15. The summed E-state index contributed by atoms with van der Waals surface area (Å²) in [6.07, 6.45) is 5.23. The van der Waals surface area contributed by atoms with Gasteiger partial charge in [0, 0.05) is 23.7 Å². The summed E-state index contributed by atoms with van der Waals surface area (Å²) in [6.45, 7) is 0.791. The van der Waals surface area contributed by atoms with Crippen LogP contribution in [-0.2, 0) is 9.59 Å². The van der Waals surface area contributed by atoms with Crippen LogP contribution < -0.4 is 10.7 Å². The van der Waals surface area contributed by atoms with Crippen molar-refractivity contribution in [1.82, 2.24) is 20.7 Å². The second-order valence-corrected chi connectivity index (χ2v) is 8.72. The molecular weight excluding hydrogens is 408 g/mol. The molecule has 2 saturated heterocycles. The van der Waals surface area contributed by atoms with Crippen LogP contribution in [0.25, 0.3) is 0 Å². The summed E-state index contributed by atoms with van der Waals surface area (Å²) in [6, 6.07) is 6.04. The number of carbonyl (C=O) groups excluding carboxylic acids is 4. The zero-order chi connectivity index (χ0) is 21.3. The molecule has 1 aromatic rings. The van der Waals surface area contributed by atoms with Gasteiger partial charge in [0.25, 0.3) is 11.8 Å². The highest BCUT2D eigenvalue weighted by Gasteiger charge is 2.52. The molecule has 0 bridgehead atoms. The van der Waals surface area contributed by atoms with E-state index in [1.807, 2.05) is 0 Å². The third-order valence-electron chi connectivity index (χ3n) is 6.26. The number of likely N-dealkylation sites (tertiary alicyclic amines) is 1.